The zero-order valence-electron chi connectivity index (χ0n) is 16.3. The molecule has 0 aliphatic carbocycles. The van der Waals surface area contributed by atoms with Crippen molar-refractivity contribution in [3.8, 4) is 28.7 Å². The van der Waals surface area contributed by atoms with Crippen LogP contribution < -0.4 is 4.74 Å². The lowest BCUT2D eigenvalue weighted by molar-refractivity contribution is 0.0697. The molecule has 0 heterocycles. The molecule has 29 heavy (non-hydrogen) atoms. The summed E-state index contributed by atoms with van der Waals surface area (Å²) in [7, 11) is 0. The summed E-state index contributed by atoms with van der Waals surface area (Å²) >= 11 is 0. The Morgan fingerprint density at radius 3 is 2.59 bits per heavy atom. The van der Waals surface area contributed by atoms with E-state index in [1.807, 2.05) is 30.3 Å². The molecule has 144 valence electrons. The Morgan fingerprint density at radius 2 is 1.83 bits per heavy atom. The fourth-order valence-corrected chi connectivity index (χ4v) is 2.83. The van der Waals surface area contributed by atoms with E-state index in [-0.39, 0.29) is 5.56 Å². The third-order valence-electron chi connectivity index (χ3n) is 4.27. The van der Waals surface area contributed by atoms with Crippen LogP contribution in [0.25, 0.3) is 17.2 Å². The number of hydrogen-bond donors (Lipinski definition) is 1. The zero-order valence-corrected chi connectivity index (χ0v) is 16.3. The van der Waals surface area contributed by atoms with E-state index in [0.717, 1.165) is 34.4 Å². The zero-order chi connectivity index (χ0) is 20.5. The molecule has 0 saturated carbocycles. The fraction of sp³-hybridized carbons (Fsp3) is 0.115. The van der Waals surface area contributed by atoms with Crippen molar-refractivity contribution in [2.45, 2.75) is 13.3 Å². The van der Waals surface area contributed by atoms with Crippen LogP contribution in [0.3, 0.4) is 0 Å². The topological polar surface area (TPSA) is 46.5 Å². The van der Waals surface area contributed by atoms with Gasteiger partial charge in [0.15, 0.2) is 0 Å². The Balaban J connectivity index is 1.79. The normalized spacial score (nSPS) is 10.4. The Morgan fingerprint density at radius 1 is 1.03 bits per heavy atom. The SMILES string of the molecule is CCCOc1cccc(-c2ccccc2/C=C/C#Cc2ccc(C(=O)O)cc2)c1. The molecule has 3 aromatic carbocycles. The van der Waals surface area contributed by atoms with Crippen LogP contribution in [-0.4, -0.2) is 17.7 Å². The number of carboxylic acid groups (broad SMARTS) is 1. The number of ether oxygens (including phenoxy) is 1. The predicted molar refractivity (Wildman–Crippen MR) is 117 cm³/mol. The Kier molecular flexibility index (Phi) is 6.86. The van der Waals surface area contributed by atoms with Crippen LogP contribution in [0.5, 0.6) is 5.75 Å². The third-order valence-corrected chi connectivity index (χ3v) is 4.27. The van der Waals surface area contributed by atoms with Gasteiger partial charge >= 0.3 is 5.97 Å². The number of aromatic carboxylic acids is 1. The first-order valence-corrected chi connectivity index (χ1v) is 9.51. The molecular weight excluding hydrogens is 360 g/mol. The predicted octanol–water partition coefficient (Wildman–Crippen LogP) is 5.91. The van der Waals surface area contributed by atoms with E-state index < -0.39 is 5.97 Å². The molecule has 3 heteroatoms. The second kappa shape index (κ2) is 9.96. The first kappa shape index (κ1) is 20.0. The van der Waals surface area contributed by atoms with Gasteiger partial charge in [0.1, 0.15) is 5.75 Å². The number of allylic oxidation sites excluding steroid dienone is 1. The van der Waals surface area contributed by atoms with Crippen molar-refractivity contribution < 1.29 is 14.6 Å². The van der Waals surface area contributed by atoms with Crippen molar-refractivity contribution in [2.75, 3.05) is 6.61 Å². The second-order valence-corrected chi connectivity index (χ2v) is 6.45. The van der Waals surface area contributed by atoms with E-state index in [4.69, 9.17) is 9.84 Å². The first-order valence-electron chi connectivity index (χ1n) is 9.51. The quantitative estimate of drug-likeness (QED) is 0.540. The van der Waals surface area contributed by atoms with Crippen molar-refractivity contribution in [1.82, 2.24) is 0 Å². The molecule has 0 spiro atoms. The molecule has 3 aromatic rings. The van der Waals surface area contributed by atoms with Crippen LogP contribution in [0.15, 0.2) is 78.9 Å². The molecule has 3 nitrogen and oxygen atoms in total. The number of carbonyl (C=O) groups is 1. The first-order chi connectivity index (χ1) is 14.2. The number of carboxylic acids is 1. The van der Waals surface area contributed by atoms with Crippen LogP contribution in [0.1, 0.15) is 34.8 Å². The average molecular weight is 382 g/mol. The monoisotopic (exact) mass is 382 g/mol. The highest BCUT2D eigenvalue weighted by Gasteiger charge is 2.04. The van der Waals surface area contributed by atoms with Gasteiger partial charge in [-0.05, 0) is 71.7 Å². The minimum atomic E-state index is -0.940. The van der Waals surface area contributed by atoms with Crippen LogP contribution >= 0.6 is 0 Å². The maximum Gasteiger partial charge on any atom is 0.335 e. The molecule has 0 amide bonds. The highest BCUT2D eigenvalue weighted by atomic mass is 16.5. The smallest absolute Gasteiger partial charge is 0.335 e. The minimum absolute atomic E-state index is 0.255. The van der Waals surface area contributed by atoms with Gasteiger partial charge in [0, 0.05) is 5.56 Å². The minimum Gasteiger partial charge on any atom is -0.494 e. The molecular formula is C26H22O3. The highest BCUT2D eigenvalue weighted by molar-refractivity contribution is 5.87. The van der Waals surface area contributed by atoms with Crippen molar-refractivity contribution >= 4 is 12.0 Å². The van der Waals surface area contributed by atoms with E-state index in [9.17, 15) is 4.79 Å². The van der Waals surface area contributed by atoms with Crippen LogP contribution in [0.2, 0.25) is 0 Å². The second-order valence-electron chi connectivity index (χ2n) is 6.45. The molecule has 0 saturated heterocycles. The van der Waals surface area contributed by atoms with Gasteiger partial charge in [0.25, 0.3) is 0 Å². The largest absolute Gasteiger partial charge is 0.494 e. The molecule has 0 radical (unpaired) electrons. The Bertz CT molecular complexity index is 1070. The molecule has 0 aliphatic heterocycles. The maximum absolute atomic E-state index is 10.9. The molecule has 1 N–H and O–H groups in total. The lowest BCUT2D eigenvalue weighted by Crippen LogP contribution is -1.95. The Hall–Kier alpha value is -3.77. The lowest BCUT2D eigenvalue weighted by Gasteiger charge is -2.09. The van der Waals surface area contributed by atoms with Gasteiger partial charge in [-0.3, -0.25) is 0 Å². The van der Waals surface area contributed by atoms with Crippen molar-refractivity contribution in [3.63, 3.8) is 0 Å². The summed E-state index contributed by atoms with van der Waals surface area (Å²) < 4.78 is 5.75. The van der Waals surface area contributed by atoms with Gasteiger partial charge in [-0.1, -0.05) is 55.2 Å². The van der Waals surface area contributed by atoms with Crippen molar-refractivity contribution in [3.05, 3.63) is 95.6 Å². The van der Waals surface area contributed by atoms with Gasteiger partial charge in [0.05, 0.1) is 12.2 Å². The summed E-state index contributed by atoms with van der Waals surface area (Å²) in [4.78, 5) is 10.9. The van der Waals surface area contributed by atoms with E-state index in [1.165, 1.54) is 0 Å². The summed E-state index contributed by atoms with van der Waals surface area (Å²) in [6, 6.07) is 22.8. The Labute approximate surface area is 171 Å². The summed E-state index contributed by atoms with van der Waals surface area (Å²) in [6.07, 6.45) is 4.76. The highest BCUT2D eigenvalue weighted by Crippen LogP contribution is 2.27. The van der Waals surface area contributed by atoms with Gasteiger partial charge in [-0.2, -0.15) is 0 Å². The van der Waals surface area contributed by atoms with Gasteiger partial charge in [-0.15, -0.1) is 0 Å². The standard InChI is InChI=1S/C26H22O3/c1-2-18-29-24-12-7-11-23(19-24)25-13-6-5-10-21(25)9-4-3-8-20-14-16-22(17-15-20)26(27)28/h4-7,9-17,19H,2,18H2,1H3,(H,27,28)/b9-4+. The number of rotatable bonds is 6. The number of hydrogen-bond acceptors (Lipinski definition) is 2. The molecule has 0 fully saturated rings. The molecule has 0 aromatic heterocycles. The van der Waals surface area contributed by atoms with E-state index in [0.29, 0.717) is 6.61 Å². The summed E-state index contributed by atoms with van der Waals surface area (Å²) in [5.41, 5.74) is 4.30. The maximum atomic E-state index is 10.9. The molecule has 0 unspecified atom stereocenters. The van der Waals surface area contributed by atoms with Gasteiger partial charge < -0.3 is 9.84 Å². The van der Waals surface area contributed by atoms with Crippen molar-refractivity contribution in [1.29, 1.82) is 0 Å². The summed E-state index contributed by atoms with van der Waals surface area (Å²) in [5.74, 6) is 5.97. The molecule has 0 atom stereocenters. The molecule has 0 aliphatic rings. The van der Waals surface area contributed by atoms with Gasteiger partial charge in [0.2, 0.25) is 0 Å². The summed E-state index contributed by atoms with van der Waals surface area (Å²) in [6.45, 7) is 2.79. The van der Waals surface area contributed by atoms with E-state index in [2.05, 4.69) is 43.0 Å². The van der Waals surface area contributed by atoms with Crippen LogP contribution in [0, 0.1) is 11.8 Å². The average Bonchev–Trinajstić information content (AvgIpc) is 2.76. The van der Waals surface area contributed by atoms with Crippen molar-refractivity contribution in [2.24, 2.45) is 0 Å². The van der Waals surface area contributed by atoms with Crippen LogP contribution in [-0.2, 0) is 0 Å². The molecule has 3 rings (SSSR count). The fourth-order valence-electron chi connectivity index (χ4n) is 2.83. The van der Waals surface area contributed by atoms with E-state index >= 15 is 0 Å². The lowest BCUT2D eigenvalue weighted by atomic mass is 9.99. The number of benzene rings is 3. The third kappa shape index (κ3) is 5.60. The summed E-state index contributed by atoms with van der Waals surface area (Å²) in [5, 5.41) is 8.94. The molecule has 0 bridgehead atoms. The van der Waals surface area contributed by atoms with Gasteiger partial charge in [-0.25, -0.2) is 4.79 Å². The van der Waals surface area contributed by atoms with Crippen LogP contribution in [0.4, 0.5) is 0 Å². The van der Waals surface area contributed by atoms with E-state index in [1.54, 1.807) is 30.3 Å².